The number of hydrogen-bond acceptors (Lipinski definition) is 10. The van der Waals surface area contributed by atoms with Gasteiger partial charge in [-0.2, -0.15) is 0 Å². The van der Waals surface area contributed by atoms with Gasteiger partial charge in [0.05, 0.1) is 5.56 Å². The van der Waals surface area contributed by atoms with Gasteiger partial charge in [-0.05, 0) is 26.0 Å². The van der Waals surface area contributed by atoms with Crippen LogP contribution in [-0.2, 0) is 19.2 Å². The normalized spacial score (nSPS) is 12.5. The molecule has 2 amide bonds. The van der Waals surface area contributed by atoms with Gasteiger partial charge in [-0.25, -0.2) is 15.6 Å². The number of nitrogens with zero attached hydrogens (tertiary/aromatic N) is 2. The summed E-state index contributed by atoms with van der Waals surface area (Å²) in [5.74, 6) is 11.8. The summed E-state index contributed by atoms with van der Waals surface area (Å²) in [6, 6.07) is 2.87. The van der Waals surface area contributed by atoms with E-state index in [1.54, 1.807) is 0 Å². The summed E-state index contributed by atoms with van der Waals surface area (Å²) in [6.45, 7) is 3.06. The number of imide groups is 1. The Kier molecular flexibility index (Phi) is 9.48. The van der Waals surface area contributed by atoms with E-state index in [1.165, 1.54) is 32.2 Å². The van der Waals surface area contributed by atoms with Crippen molar-refractivity contribution < 1.29 is 24.0 Å². The molecule has 0 bridgehead atoms. The number of anilines is 1. The van der Waals surface area contributed by atoms with Crippen LogP contribution in [-0.4, -0.2) is 33.6 Å². The number of pyridine rings is 1. The van der Waals surface area contributed by atoms with Gasteiger partial charge in [0.1, 0.15) is 11.6 Å². The molecule has 1 aliphatic rings. The molecule has 0 spiro atoms. The zero-order valence-electron chi connectivity index (χ0n) is 13.3. The van der Waals surface area contributed by atoms with E-state index >= 15 is 0 Å². The topological polar surface area (TPSA) is 184 Å². The van der Waals surface area contributed by atoms with Gasteiger partial charge in [0.2, 0.25) is 0 Å². The lowest BCUT2D eigenvalue weighted by Crippen LogP contribution is -2.32. The summed E-state index contributed by atoms with van der Waals surface area (Å²) in [6.07, 6.45) is 1.34. The van der Waals surface area contributed by atoms with Gasteiger partial charge in [0, 0.05) is 19.0 Å². The van der Waals surface area contributed by atoms with Crippen molar-refractivity contribution in [1.29, 1.82) is 0 Å². The van der Waals surface area contributed by atoms with E-state index in [4.69, 9.17) is 10.7 Å². The third-order valence-electron chi connectivity index (χ3n) is 2.33. The summed E-state index contributed by atoms with van der Waals surface area (Å²) < 4.78 is 0. The van der Waals surface area contributed by atoms with Crippen LogP contribution in [0.15, 0.2) is 18.3 Å². The molecule has 0 aromatic carbocycles. The second kappa shape index (κ2) is 10.8. The van der Waals surface area contributed by atoms with Crippen LogP contribution in [0.4, 0.5) is 5.82 Å². The molecule has 1 aliphatic heterocycles. The highest BCUT2D eigenvalue weighted by molar-refractivity contribution is 6.02. The van der Waals surface area contributed by atoms with Crippen molar-refractivity contribution in [3.05, 3.63) is 23.9 Å². The summed E-state index contributed by atoms with van der Waals surface area (Å²) in [4.78, 5) is 52.1. The predicted molar refractivity (Wildman–Crippen MR) is 83.3 cm³/mol. The Bertz CT molecular complexity index is 569. The summed E-state index contributed by atoms with van der Waals surface area (Å²) >= 11 is 0. The SMILES string of the molecule is CC(C)=O.NN.NNc1ccc(C(=O)ON2C(=O)CCC2=O)cn1. The van der Waals surface area contributed by atoms with Crippen molar-refractivity contribution in [2.75, 3.05) is 5.43 Å². The van der Waals surface area contributed by atoms with Crippen LogP contribution >= 0.6 is 0 Å². The van der Waals surface area contributed by atoms with Crippen LogP contribution in [0.1, 0.15) is 37.0 Å². The monoisotopic (exact) mass is 340 g/mol. The molecule has 1 fully saturated rings. The molecule has 11 heteroatoms. The van der Waals surface area contributed by atoms with E-state index < -0.39 is 17.8 Å². The van der Waals surface area contributed by atoms with Gasteiger partial charge in [-0.15, -0.1) is 5.06 Å². The van der Waals surface area contributed by atoms with E-state index in [0.717, 1.165) is 0 Å². The van der Waals surface area contributed by atoms with Crippen molar-refractivity contribution in [2.24, 2.45) is 17.5 Å². The van der Waals surface area contributed by atoms with Crippen LogP contribution in [0.2, 0.25) is 0 Å². The first-order valence-corrected chi connectivity index (χ1v) is 6.66. The third-order valence-corrected chi connectivity index (χ3v) is 2.33. The van der Waals surface area contributed by atoms with E-state index in [9.17, 15) is 19.2 Å². The fraction of sp³-hybridized carbons (Fsp3) is 0.308. The van der Waals surface area contributed by atoms with E-state index in [2.05, 4.69) is 22.1 Å². The van der Waals surface area contributed by atoms with Gasteiger partial charge in [0.25, 0.3) is 11.8 Å². The number of ketones is 1. The maximum absolute atomic E-state index is 11.6. The molecular formula is C13H20N6O5. The quantitative estimate of drug-likeness (QED) is 0.302. The number of aromatic nitrogens is 1. The Morgan fingerprint density at radius 3 is 2.04 bits per heavy atom. The first-order chi connectivity index (χ1) is 11.3. The predicted octanol–water partition coefficient (Wildman–Crippen LogP) is -0.998. The van der Waals surface area contributed by atoms with Crippen molar-refractivity contribution in [3.63, 3.8) is 0 Å². The fourth-order valence-electron chi connectivity index (χ4n) is 1.39. The third kappa shape index (κ3) is 6.91. The van der Waals surface area contributed by atoms with Crippen LogP contribution in [0.5, 0.6) is 0 Å². The smallest absolute Gasteiger partial charge is 0.325 e. The zero-order valence-corrected chi connectivity index (χ0v) is 13.3. The number of hydrogen-bond donors (Lipinski definition) is 4. The van der Waals surface area contributed by atoms with Crippen molar-refractivity contribution >= 4 is 29.4 Å². The molecule has 0 aliphatic carbocycles. The summed E-state index contributed by atoms with van der Waals surface area (Å²) in [5, 5.41) is 0.484. The Labute approximate surface area is 138 Å². The van der Waals surface area contributed by atoms with Gasteiger partial charge >= 0.3 is 5.97 Å². The zero-order chi connectivity index (χ0) is 18.7. The molecular weight excluding hydrogens is 320 g/mol. The van der Waals surface area contributed by atoms with E-state index in [0.29, 0.717) is 10.9 Å². The Morgan fingerprint density at radius 2 is 1.67 bits per heavy atom. The number of carbonyl (C=O) groups excluding carboxylic acids is 4. The van der Waals surface area contributed by atoms with E-state index in [-0.39, 0.29) is 24.2 Å². The molecule has 1 saturated heterocycles. The number of Topliss-reactive ketones (excluding diaryl/α,β-unsaturated/α-hetero) is 1. The number of nitrogens with one attached hydrogen (secondary N) is 1. The second-order valence-corrected chi connectivity index (χ2v) is 4.45. The minimum atomic E-state index is -0.824. The minimum Gasteiger partial charge on any atom is -0.325 e. The fourth-order valence-corrected chi connectivity index (χ4v) is 1.39. The number of carbonyl (C=O) groups is 4. The lowest BCUT2D eigenvalue weighted by Gasteiger charge is -2.12. The second-order valence-electron chi connectivity index (χ2n) is 4.45. The highest BCUT2D eigenvalue weighted by Gasteiger charge is 2.33. The lowest BCUT2D eigenvalue weighted by molar-refractivity contribution is -0.172. The highest BCUT2D eigenvalue weighted by atomic mass is 16.7. The number of nitrogen functional groups attached to an aromatic ring is 1. The molecule has 0 atom stereocenters. The van der Waals surface area contributed by atoms with Gasteiger partial charge in [-0.1, -0.05) is 0 Å². The molecule has 11 nitrogen and oxygen atoms in total. The number of hydroxylamine groups is 2. The molecule has 0 unspecified atom stereocenters. The molecule has 2 heterocycles. The Hall–Kier alpha value is -2.89. The first kappa shape index (κ1) is 21.1. The van der Waals surface area contributed by atoms with Gasteiger partial charge in [-0.3, -0.25) is 21.3 Å². The molecule has 24 heavy (non-hydrogen) atoms. The standard InChI is InChI=1S/C10H10N4O4.C3H6O.H4N2/c11-13-7-2-1-6(5-12-7)10(17)18-14-8(15)3-4-9(14)16;1-3(2)4;1-2/h1-2,5H,3-4,11H2,(H,12,13);1-2H3;1-2H2. The molecule has 1 aromatic rings. The average molecular weight is 340 g/mol. The maximum Gasteiger partial charge on any atom is 0.365 e. The molecule has 0 saturated carbocycles. The number of hydrazine groups is 2. The van der Waals surface area contributed by atoms with Crippen LogP contribution in [0, 0.1) is 0 Å². The molecule has 0 radical (unpaired) electrons. The largest absolute Gasteiger partial charge is 0.365 e. The van der Waals surface area contributed by atoms with Crippen LogP contribution in [0.25, 0.3) is 0 Å². The lowest BCUT2D eigenvalue weighted by atomic mass is 10.3. The number of rotatable bonds is 3. The minimum absolute atomic E-state index is 0.0559. The number of nitrogens with two attached hydrogens (primary N) is 3. The summed E-state index contributed by atoms with van der Waals surface area (Å²) in [7, 11) is 0. The Balaban J connectivity index is 0.000000773. The molecule has 1 aromatic heterocycles. The molecule has 7 N–H and O–H groups in total. The highest BCUT2D eigenvalue weighted by Crippen LogP contribution is 2.14. The number of amides is 2. The molecule has 132 valence electrons. The summed E-state index contributed by atoms with van der Waals surface area (Å²) in [5.41, 5.74) is 2.41. The maximum atomic E-state index is 11.6. The Morgan fingerprint density at radius 1 is 1.17 bits per heavy atom. The van der Waals surface area contributed by atoms with E-state index in [1.807, 2.05) is 0 Å². The first-order valence-electron chi connectivity index (χ1n) is 6.66. The van der Waals surface area contributed by atoms with Crippen molar-refractivity contribution in [1.82, 2.24) is 10.0 Å². The van der Waals surface area contributed by atoms with Gasteiger partial charge < -0.3 is 15.1 Å². The van der Waals surface area contributed by atoms with Crippen LogP contribution < -0.4 is 23.0 Å². The average Bonchev–Trinajstić information content (AvgIpc) is 2.88. The van der Waals surface area contributed by atoms with Crippen molar-refractivity contribution in [3.8, 4) is 0 Å². The molecule has 2 rings (SSSR count). The van der Waals surface area contributed by atoms with Gasteiger partial charge in [0.15, 0.2) is 0 Å². The van der Waals surface area contributed by atoms with Crippen LogP contribution in [0.3, 0.4) is 0 Å². The van der Waals surface area contributed by atoms with Crippen molar-refractivity contribution in [2.45, 2.75) is 26.7 Å².